The number of hydrogen-bond acceptors (Lipinski definition) is 2. The second kappa shape index (κ2) is 3.58. The summed E-state index contributed by atoms with van der Waals surface area (Å²) in [5.74, 6) is 0.533. The largest absolute Gasteiger partial charge is 0.487 e. The molecule has 0 aliphatic carbocycles. The van der Waals surface area contributed by atoms with Crippen molar-refractivity contribution in [2.75, 3.05) is 0 Å². The molecular formula is C8H9ClNO. The normalized spacial score (nSPS) is 9.73. The van der Waals surface area contributed by atoms with Gasteiger partial charge in [-0.25, -0.2) is 4.98 Å². The summed E-state index contributed by atoms with van der Waals surface area (Å²) in [7, 11) is 3.27. The first-order valence-corrected chi connectivity index (χ1v) is 3.72. The van der Waals surface area contributed by atoms with Crippen LogP contribution in [0, 0.1) is 7.11 Å². The number of rotatable bonds is 2. The molecular weight excluding hydrogens is 162 g/mol. The van der Waals surface area contributed by atoms with E-state index in [0.717, 1.165) is 12.0 Å². The van der Waals surface area contributed by atoms with Crippen molar-refractivity contribution in [3.05, 3.63) is 30.1 Å². The molecule has 0 atom stereocenters. The van der Waals surface area contributed by atoms with E-state index in [2.05, 4.69) is 12.1 Å². The fourth-order valence-electron chi connectivity index (χ4n) is 0.763. The Morgan fingerprint density at radius 2 is 2.45 bits per heavy atom. The van der Waals surface area contributed by atoms with Crippen LogP contribution in [-0.4, -0.2) is 4.98 Å². The summed E-state index contributed by atoms with van der Waals surface area (Å²) in [4.78, 5) is 3.92. The van der Waals surface area contributed by atoms with Crippen LogP contribution in [0.15, 0.2) is 12.3 Å². The third-order valence-corrected chi connectivity index (χ3v) is 1.71. The Balaban J connectivity index is 3.02. The molecule has 0 amide bonds. The van der Waals surface area contributed by atoms with Crippen molar-refractivity contribution in [1.29, 1.82) is 0 Å². The Hall–Kier alpha value is -0.760. The van der Waals surface area contributed by atoms with Gasteiger partial charge in [0, 0.05) is 6.20 Å². The van der Waals surface area contributed by atoms with E-state index in [9.17, 15) is 0 Å². The van der Waals surface area contributed by atoms with E-state index in [4.69, 9.17) is 16.3 Å². The number of nitrogens with zero attached hydrogens (tertiary/aromatic N) is 1. The summed E-state index contributed by atoms with van der Waals surface area (Å²) in [5, 5.41) is 0.359. The lowest BCUT2D eigenvalue weighted by atomic mass is 10.2. The van der Waals surface area contributed by atoms with E-state index in [1.807, 2.05) is 13.0 Å². The predicted molar refractivity (Wildman–Crippen MR) is 44.6 cm³/mol. The number of pyridine rings is 1. The second-order valence-corrected chi connectivity index (χ2v) is 2.49. The first kappa shape index (κ1) is 8.34. The van der Waals surface area contributed by atoms with Gasteiger partial charge in [-0.1, -0.05) is 18.5 Å². The number of ether oxygens (including phenoxy) is 1. The van der Waals surface area contributed by atoms with E-state index >= 15 is 0 Å². The first-order chi connectivity index (χ1) is 5.27. The monoisotopic (exact) mass is 170 g/mol. The van der Waals surface area contributed by atoms with E-state index in [1.54, 1.807) is 6.20 Å². The van der Waals surface area contributed by atoms with Crippen molar-refractivity contribution < 1.29 is 4.74 Å². The van der Waals surface area contributed by atoms with Gasteiger partial charge in [0.15, 0.2) is 10.9 Å². The van der Waals surface area contributed by atoms with Gasteiger partial charge in [-0.05, 0) is 18.1 Å². The average Bonchev–Trinajstić information content (AvgIpc) is 2.05. The molecule has 0 saturated heterocycles. The SMILES string of the molecule is [CH2]Oc1cc(CC)cnc1Cl. The molecule has 0 saturated carbocycles. The molecule has 1 rings (SSSR count). The number of aryl methyl sites for hydroxylation is 1. The standard InChI is InChI=1S/C8H9ClNO/c1-3-6-4-7(11-2)8(9)10-5-6/h4-5H,2-3H2,1H3. The molecule has 3 heteroatoms. The van der Waals surface area contributed by atoms with Crippen LogP contribution in [0.1, 0.15) is 12.5 Å². The number of aromatic nitrogens is 1. The van der Waals surface area contributed by atoms with Crippen LogP contribution in [0.25, 0.3) is 0 Å². The summed E-state index contributed by atoms with van der Waals surface area (Å²) >= 11 is 5.68. The van der Waals surface area contributed by atoms with Gasteiger partial charge >= 0.3 is 0 Å². The zero-order valence-electron chi connectivity index (χ0n) is 6.30. The first-order valence-electron chi connectivity index (χ1n) is 3.34. The van der Waals surface area contributed by atoms with E-state index in [-0.39, 0.29) is 0 Å². The van der Waals surface area contributed by atoms with E-state index < -0.39 is 0 Å². The molecule has 0 N–H and O–H groups in total. The molecule has 0 spiro atoms. The maximum Gasteiger partial charge on any atom is 0.171 e. The van der Waals surface area contributed by atoms with Crippen molar-refractivity contribution in [3.8, 4) is 5.75 Å². The summed E-state index contributed by atoms with van der Waals surface area (Å²) in [6, 6.07) is 1.84. The Labute approximate surface area is 71.2 Å². The summed E-state index contributed by atoms with van der Waals surface area (Å²) in [6.07, 6.45) is 2.64. The Morgan fingerprint density at radius 3 is 3.00 bits per heavy atom. The Bertz CT molecular complexity index is 250. The number of halogens is 1. The molecule has 1 heterocycles. The van der Waals surface area contributed by atoms with Crippen LogP contribution in [0.2, 0.25) is 5.15 Å². The van der Waals surface area contributed by atoms with Crippen molar-refractivity contribution in [2.24, 2.45) is 0 Å². The fourth-order valence-corrected chi connectivity index (χ4v) is 0.921. The maximum atomic E-state index is 5.68. The predicted octanol–water partition coefficient (Wildman–Crippen LogP) is 2.47. The third kappa shape index (κ3) is 1.84. The van der Waals surface area contributed by atoms with Gasteiger partial charge in [0.2, 0.25) is 0 Å². The van der Waals surface area contributed by atoms with Gasteiger partial charge in [-0.3, -0.25) is 0 Å². The van der Waals surface area contributed by atoms with Gasteiger partial charge in [0.1, 0.15) is 7.11 Å². The lowest BCUT2D eigenvalue weighted by Crippen LogP contribution is -1.88. The van der Waals surface area contributed by atoms with Crippen LogP contribution < -0.4 is 4.74 Å². The molecule has 11 heavy (non-hydrogen) atoms. The highest BCUT2D eigenvalue weighted by Gasteiger charge is 2.01. The second-order valence-electron chi connectivity index (χ2n) is 2.13. The highest BCUT2D eigenvalue weighted by atomic mass is 35.5. The lowest BCUT2D eigenvalue weighted by Gasteiger charge is -2.02. The maximum absolute atomic E-state index is 5.68. The van der Waals surface area contributed by atoms with Crippen LogP contribution in [0.4, 0.5) is 0 Å². The lowest BCUT2D eigenvalue weighted by molar-refractivity contribution is 0.470. The summed E-state index contributed by atoms with van der Waals surface area (Å²) in [5.41, 5.74) is 1.09. The topological polar surface area (TPSA) is 22.1 Å². The summed E-state index contributed by atoms with van der Waals surface area (Å²) < 4.78 is 4.74. The molecule has 0 bridgehead atoms. The minimum Gasteiger partial charge on any atom is -0.487 e. The molecule has 59 valence electrons. The van der Waals surface area contributed by atoms with Crippen molar-refractivity contribution >= 4 is 11.6 Å². The quantitative estimate of drug-likeness (QED) is 0.637. The molecule has 0 fully saturated rings. The van der Waals surface area contributed by atoms with E-state index in [1.165, 1.54) is 0 Å². The van der Waals surface area contributed by atoms with E-state index in [0.29, 0.717) is 10.9 Å². The number of hydrogen-bond donors (Lipinski definition) is 0. The zero-order valence-corrected chi connectivity index (χ0v) is 7.06. The van der Waals surface area contributed by atoms with Crippen molar-refractivity contribution in [1.82, 2.24) is 4.98 Å². The van der Waals surface area contributed by atoms with Crippen molar-refractivity contribution in [2.45, 2.75) is 13.3 Å². The van der Waals surface area contributed by atoms with Crippen LogP contribution in [0.3, 0.4) is 0 Å². The Kier molecular flexibility index (Phi) is 2.71. The molecule has 0 aromatic carbocycles. The molecule has 1 aromatic heterocycles. The molecule has 2 nitrogen and oxygen atoms in total. The molecule has 0 aliphatic heterocycles. The van der Waals surface area contributed by atoms with Gasteiger partial charge in [-0.2, -0.15) is 0 Å². The molecule has 1 radical (unpaired) electrons. The highest BCUT2D eigenvalue weighted by Crippen LogP contribution is 2.22. The minimum absolute atomic E-state index is 0.359. The van der Waals surface area contributed by atoms with Gasteiger partial charge < -0.3 is 4.74 Å². The van der Waals surface area contributed by atoms with Gasteiger partial charge in [0.05, 0.1) is 0 Å². The molecule has 0 aliphatic rings. The summed E-state index contributed by atoms with van der Waals surface area (Å²) in [6.45, 7) is 2.04. The fraction of sp³-hybridized carbons (Fsp3) is 0.250. The minimum atomic E-state index is 0.359. The van der Waals surface area contributed by atoms with Crippen LogP contribution in [-0.2, 0) is 6.42 Å². The zero-order chi connectivity index (χ0) is 8.27. The van der Waals surface area contributed by atoms with Crippen LogP contribution >= 0.6 is 11.6 Å². The molecule has 1 aromatic rings. The van der Waals surface area contributed by atoms with Crippen LogP contribution in [0.5, 0.6) is 5.75 Å². The third-order valence-electron chi connectivity index (χ3n) is 1.43. The highest BCUT2D eigenvalue weighted by molar-refractivity contribution is 6.30. The van der Waals surface area contributed by atoms with Crippen molar-refractivity contribution in [3.63, 3.8) is 0 Å². The van der Waals surface area contributed by atoms with Gasteiger partial charge in [0.25, 0.3) is 0 Å². The Morgan fingerprint density at radius 1 is 1.73 bits per heavy atom. The smallest absolute Gasteiger partial charge is 0.171 e. The van der Waals surface area contributed by atoms with Gasteiger partial charge in [-0.15, -0.1) is 0 Å². The molecule has 0 unspecified atom stereocenters. The average molecular weight is 171 g/mol.